The second kappa shape index (κ2) is 13.9. The summed E-state index contributed by atoms with van der Waals surface area (Å²) in [6.07, 6.45) is 0.805. The molecule has 2 unspecified atom stereocenters. The fourth-order valence-electron chi connectivity index (χ4n) is 2.94. The van der Waals surface area contributed by atoms with Gasteiger partial charge in [-0.1, -0.05) is 117 Å². The van der Waals surface area contributed by atoms with E-state index < -0.39 is 0 Å². The summed E-state index contributed by atoms with van der Waals surface area (Å²) >= 11 is 39.8. The molecule has 0 aliphatic carbocycles. The van der Waals surface area contributed by atoms with E-state index in [-0.39, 0.29) is 15.6 Å². The van der Waals surface area contributed by atoms with Crippen molar-refractivity contribution in [2.45, 2.75) is 28.9 Å². The van der Waals surface area contributed by atoms with Crippen molar-refractivity contribution >= 4 is 110 Å². The third kappa shape index (κ3) is 8.09. The molecule has 0 saturated heterocycles. The van der Waals surface area contributed by atoms with Gasteiger partial charge in [0.1, 0.15) is 13.2 Å². The van der Waals surface area contributed by atoms with Gasteiger partial charge in [-0.25, -0.2) is 0 Å². The minimum atomic E-state index is 0.00558. The lowest BCUT2D eigenvalue weighted by Gasteiger charge is -2.21. The Kier molecular flexibility index (Phi) is 12.7. The molecule has 0 radical (unpaired) electrons. The largest absolute Gasteiger partial charge is 0.489 e. The van der Waals surface area contributed by atoms with Crippen LogP contribution in [-0.2, 0) is 0 Å². The summed E-state index contributed by atoms with van der Waals surface area (Å²) in [6, 6.07) is 7.52. The molecule has 0 N–H and O–H groups in total. The van der Waals surface area contributed by atoms with Crippen LogP contribution in [-0.4, -0.2) is 33.5 Å². The number of alkyl halides is 4. The summed E-state index contributed by atoms with van der Waals surface area (Å²) in [6.45, 7) is 2.97. The van der Waals surface area contributed by atoms with Gasteiger partial charge in [0, 0.05) is 16.6 Å². The smallest absolute Gasteiger partial charge is 0.156 e. The molecule has 172 valence electrons. The second-order valence-electron chi connectivity index (χ2n) is 6.71. The molecule has 0 aliphatic heterocycles. The Morgan fingerprint density at radius 1 is 0.710 bits per heavy atom. The molecule has 2 rings (SSSR count). The van der Waals surface area contributed by atoms with E-state index in [2.05, 4.69) is 70.6 Å². The normalized spacial score (nSPS) is 14.2. The number of ether oxygens (including phenoxy) is 2. The summed E-state index contributed by atoms with van der Waals surface area (Å²) in [5, 5.41) is 3.37. The first-order valence-electron chi connectivity index (χ1n) is 9.35. The molecule has 0 saturated carbocycles. The van der Waals surface area contributed by atoms with E-state index in [9.17, 15) is 0 Å². The van der Waals surface area contributed by atoms with Gasteiger partial charge in [0.2, 0.25) is 0 Å². The molecule has 0 bridgehead atoms. The van der Waals surface area contributed by atoms with Crippen LogP contribution in [0.1, 0.15) is 30.4 Å². The van der Waals surface area contributed by atoms with Crippen molar-refractivity contribution in [3.05, 3.63) is 55.5 Å². The first-order chi connectivity index (χ1) is 14.7. The van der Waals surface area contributed by atoms with Gasteiger partial charge < -0.3 is 9.47 Å². The van der Waals surface area contributed by atoms with Gasteiger partial charge in [0.15, 0.2) is 11.5 Å². The van der Waals surface area contributed by atoms with Crippen LogP contribution in [0, 0.1) is 0 Å². The Balaban J connectivity index is 2.31. The lowest BCUT2D eigenvalue weighted by molar-refractivity contribution is 0.325. The van der Waals surface area contributed by atoms with Gasteiger partial charge >= 0.3 is 0 Å². The lowest BCUT2D eigenvalue weighted by atomic mass is 9.89. The monoisotopic (exact) mass is 760 g/mol. The highest BCUT2D eigenvalue weighted by atomic mass is 79.9. The zero-order valence-electron chi connectivity index (χ0n) is 16.4. The van der Waals surface area contributed by atoms with Crippen molar-refractivity contribution in [2.75, 3.05) is 23.9 Å². The second-order valence-corrected chi connectivity index (χ2v) is 12.2. The summed E-state index contributed by atoms with van der Waals surface area (Å²) in [5.74, 6) is 0.956. The Morgan fingerprint density at radius 2 is 1.03 bits per heavy atom. The maximum atomic E-state index is 6.51. The van der Waals surface area contributed by atoms with E-state index in [1.807, 2.05) is 24.3 Å². The topological polar surface area (TPSA) is 18.5 Å². The van der Waals surface area contributed by atoms with Crippen molar-refractivity contribution < 1.29 is 9.47 Å². The molecule has 10 heteroatoms. The van der Waals surface area contributed by atoms with Gasteiger partial charge in [-0.15, -0.1) is 0 Å². The molecule has 0 fully saturated rings. The third-order valence-corrected chi connectivity index (χ3v) is 10.0. The number of hydrogen-bond acceptors (Lipinski definition) is 2. The van der Waals surface area contributed by atoms with Crippen LogP contribution >= 0.6 is 110 Å². The van der Waals surface area contributed by atoms with E-state index in [0.29, 0.717) is 44.8 Å². The summed E-state index contributed by atoms with van der Waals surface area (Å²) in [7, 11) is 0. The molecule has 31 heavy (non-hydrogen) atoms. The average Bonchev–Trinajstić information content (AvgIpc) is 2.72. The summed E-state index contributed by atoms with van der Waals surface area (Å²) < 4.78 is 11.6. The standard InChI is InChI=1S/C21H20Br4Cl4O2/c1-2-15(11-3-16(26)20(17(27)4-11)30-9-13(24)7-22)12-5-18(28)21(19(29)6-12)31-10-14(25)8-23/h3-6,13-15H,2,7-10H2,1H3. The molecule has 0 spiro atoms. The van der Waals surface area contributed by atoms with Crippen LogP contribution < -0.4 is 9.47 Å². The van der Waals surface area contributed by atoms with Crippen molar-refractivity contribution in [3.63, 3.8) is 0 Å². The number of halogens is 8. The van der Waals surface area contributed by atoms with Crippen molar-refractivity contribution in [2.24, 2.45) is 0 Å². The molecule has 0 amide bonds. The number of hydrogen-bond donors (Lipinski definition) is 0. The number of benzene rings is 2. The zero-order chi connectivity index (χ0) is 23.1. The molecule has 2 atom stereocenters. The van der Waals surface area contributed by atoms with Crippen LogP contribution in [0.15, 0.2) is 24.3 Å². The van der Waals surface area contributed by atoms with Crippen LogP contribution in [0.5, 0.6) is 11.5 Å². The zero-order valence-corrected chi connectivity index (χ0v) is 25.8. The molecule has 0 heterocycles. The Morgan fingerprint density at radius 3 is 1.29 bits per heavy atom. The maximum Gasteiger partial charge on any atom is 0.156 e. The molecule has 2 aromatic rings. The number of rotatable bonds is 11. The van der Waals surface area contributed by atoms with Crippen molar-refractivity contribution in [1.82, 2.24) is 0 Å². The van der Waals surface area contributed by atoms with Gasteiger partial charge in [-0.05, 0) is 41.8 Å². The van der Waals surface area contributed by atoms with E-state index in [1.54, 1.807) is 0 Å². The summed E-state index contributed by atoms with van der Waals surface area (Å²) in [4.78, 5) is 0.309. The highest BCUT2D eigenvalue weighted by Crippen LogP contribution is 2.42. The average molecular weight is 766 g/mol. The Hall–Kier alpha value is 1.12. The van der Waals surface area contributed by atoms with E-state index in [1.165, 1.54) is 0 Å². The van der Waals surface area contributed by atoms with E-state index in [0.717, 1.165) is 28.2 Å². The predicted octanol–water partition coefficient (Wildman–Crippen LogP) is 9.92. The van der Waals surface area contributed by atoms with Gasteiger partial charge in [-0.2, -0.15) is 0 Å². The highest BCUT2D eigenvalue weighted by Gasteiger charge is 2.21. The van der Waals surface area contributed by atoms with Gasteiger partial charge in [-0.3, -0.25) is 0 Å². The third-order valence-electron chi connectivity index (χ3n) is 4.41. The Bertz CT molecular complexity index is 769. The van der Waals surface area contributed by atoms with Crippen LogP contribution in [0.2, 0.25) is 20.1 Å². The molecule has 0 aliphatic rings. The van der Waals surface area contributed by atoms with Crippen LogP contribution in [0.4, 0.5) is 0 Å². The maximum absolute atomic E-state index is 6.51. The summed E-state index contributed by atoms with van der Waals surface area (Å²) in [5.41, 5.74) is 1.92. The quantitative estimate of drug-likeness (QED) is 0.212. The van der Waals surface area contributed by atoms with Gasteiger partial charge in [0.25, 0.3) is 0 Å². The molecule has 2 nitrogen and oxygen atoms in total. The van der Waals surface area contributed by atoms with E-state index in [4.69, 9.17) is 55.9 Å². The van der Waals surface area contributed by atoms with Crippen molar-refractivity contribution in [1.29, 1.82) is 0 Å². The van der Waals surface area contributed by atoms with Crippen molar-refractivity contribution in [3.8, 4) is 11.5 Å². The molecule has 2 aromatic carbocycles. The van der Waals surface area contributed by atoms with Crippen LogP contribution in [0.25, 0.3) is 0 Å². The molecular formula is C21H20Br4Cl4O2. The fourth-order valence-corrected chi connectivity index (χ4v) is 4.80. The Labute approximate surface area is 237 Å². The SMILES string of the molecule is CCC(c1cc(Cl)c(OCC(Br)CBr)c(Cl)c1)c1cc(Cl)c(OCC(Br)CBr)c(Cl)c1. The van der Waals surface area contributed by atoms with Gasteiger partial charge in [0.05, 0.1) is 29.7 Å². The first kappa shape index (κ1) is 28.4. The highest BCUT2D eigenvalue weighted by molar-refractivity contribution is 9.12. The van der Waals surface area contributed by atoms with Crippen LogP contribution in [0.3, 0.4) is 0 Å². The first-order valence-corrected chi connectivity index (χ1v) is 14.9. The molecule has 0 aromatic heterocycles. The minimum Gasteiger partial charge on any atom is -0.489 e. The fraction of sp³-hybridized carbons (Fsp3) is 0.429. The minimum absolute atomic E-state index is 0.00558. The van der Waals surface area contributed by atoms with E-state index >= 15 is 0 Å². The lowest BCUT2D eigenvalue weighted by Crippen LogP contribution is -2.13. The predicted molar refractivity (Wildman–Crippen MR) is 149 cm³/mol. The molecular weight excluding hydrogens is 746 g/mol.